The molecular formula is C17H17ClFNO. The number of nitrogens with zero attached hydrogens (tertiary/aromatic N) is 1. The van der Waals surface area contributed by atoms with Gasteiger partial charge in [0, 0.05) is 23.8 Å². The van der Waals surface area contributed by atoms with Crippen molar-refractivity contribution in [1.29, 1.82) is 0 Å². The smallest absolute Gasteiger partial charge is 0.125 e. The highest BCUT2D eigenvalue weighted by molar-refractivity contribution is 6.30. The Morgan fingerprint density at radius 3 is 2.90 bits per heavy atom. The van der Waals surface area contributed by atoms with Crippen LogP contribution >= 0.6 is 11.6 Å². The van der Waals surface area contributed by atoms with Crippen molar-refractivity contribution in [3.63, 3.8) is 0 Å². The number of fused-ring (bicyclic) bond motifs is 1. The number of hydrogen-bond donors (Lipinski definition) is 1. The van der Waals surface area contributed by atoms with Gasteiger partial charge in [0.25, 0.3) is 0 Å². The monoisotopic (exact) mass is 305 g/mol. The van der Waals surface area contributed by atoms with Crippen molar-refractivity contribution >= 4 is 17.3 Å². The van der Waals surface area contributed by atoms with Crippen LogP contribution in [-0.4, -0.2) is 18.2 Å². The highest BCUT2D eigenvalue weighted by atomic mass is 35.5. The Bertz CT molecular complexity index is 646. The first-order valence-electron chi connectivity index (χ1n) is 7.10. The number of aliphatic hydroxyl groups excluding tert-OH is 1. The summed E-state index contributed by atoms with van der Waals surface area (Å²) in [6, 6.07) is 12.2. The molecule has 0 radical (unpaired) electrons. The van der Waals surface area contributed by atoms with E-state index in [0.717, 1.165) is 24.2 Å². The molecule has 1 atom stereocenters. The fraction of sp³-hybridized carbons (Fsp3) is 0.294. The van der Waals surface area contributed by atoms with Crippen molar-refractivity contribution in [1.82, 2.24) is 0 Å². The summed E-state index contributed by atoms with van der Waals surface area (Å²) in [7, 11) is 0. The van der Waals surface area contributed by atoms with E-state index >= 15 is 0 Å². The van der Waals surface area contributed by atoms with Crippen molar-refractivity contribution in [2.75, 3.05) is 18.0 Å². The fourth-order valence-corrected chi connectivity index (χ4v) is 3.01. The molecule has 21 heavy (non-hydrogen) atoms. The molecule has 0 bridgehead atoms. The summed E-state index contributed by atoms with van der Waals surface area (Å²) in [4.78, 5) is 2.13. The van der Waals surface area contributed by atoms with E-state index in [1.54, 1.807) is 18.2 Å². The van der Waals surface area contributed by atoms with Crippen LogP contribution in [0.25, 0.3) is 0 Å². The van der Waals surface area contributed by atoms with E-state index in [1.165, 1.54) is 11.6 Å². The molecule has 0 aromatic heterocycles. The Hall–Kier alpha value is -1.58. The number of anilines is 1. The van der Waals surface area contributed by atoms with Crippen molar-refractivity contribution < 1.29 is 9.50 Å². The third kappa shape index (κ3) is 3.20. The molecular weight excluding hydrogens is 289 g/mol. The second-order valence-corrected chi connectivity index (χ2v) is 5.81. The Morgan fingerprint density at radius 2 is 2.10 bits per heavy atom. The average Bonchev–Trinajstić information content (AvgIpc) is 2.87. The Balaban J connectivity index is 1.66. The molecule has 0 saturated heterocycles. The normalized spacial score (nSPS) is 15.1. The first-order chi connectivity index (χ1) is 10.1. The minimum Gasteiger partial charge on any atom is -0.388 e. The largest absolute Gasteiger partial charge is 0.388 e. The molecule has 4 heteroatoms. The van der Waals surface area contributed by atoms with E-state index in [4.69, 9.17) is 11.6 Å². The van der Waals surface area contributed by atoms with E-state index in [-0.39, 0.29) is 5.82 Å². The molecule has 0 fully saturated rings. The van der Waals surface area contributed by atoms with Crippen LogP contribution in [0.15, 0.2) is 42.5 Å². The van der Waals surface area contributed by atoms with Crippen molar-refractivity contribution in [3.05, 3.63) is 64.4 Å². The number of halogens is 2. The molecule has 1 N–H and O–H groups in total. The predicted octanol–water partition coefficient (Wildman–Crippen LogP) is 3.97. The lowest BCUT2D eigenvalue weighted by atomic mass is 10.1. The van der Waals surface area contributed by atoms with Gasteiger partial charge < -0.3 is 10.0 Å². The predicted molar refractivity (Wildman–Crippen MR) is 83.3 cm³/mol. The van der Waals surface area contributed by atoms with Gasteiger partial charge in [-0.3, -0.25) is 0 Å². The second kappa shape index (κ2) is 6.04. The average molecular weight is 306 g/mol. The summed E-state index contributed by atoms with van der Waals surface area (Å²) in [5.74, 6) is -0.212. The minimum atomic E-state index is -0.554. The first-order valence-corrected chi connectivity index (χ1v) is 7.48. The topological polar surface area (TPSA) is 23.5 Å². The van der Waals surface area contributed by atoms with Gasteiger partial charge in [-0.2, -0.15) is 0 Å². The maximum atomic E-state index is 13.4. The van der Waals surface area contributed by atoms with Crippen LogP contribution < -0.4 is 4.90 Å². The van der Waals surface area contributed by atoms with E-state index in [1.807, 2.05) is 18.2 Å². The van der Waals surface area contributed by atoms with Crippen LogP contribution in [0.2, 0.25) is 5.02 Å². The molecule has 0 spiro atoms. The number of aliphatic hydroxyl groups is 1. The molecule has 0 saturated carbocycles. The Labute approximate surface area is 128 Å². The molecule has 1 aliphatic rings. The Kier molecular flexibility index (Phi) is 4.13. The van der Waals surface area contributed by atoms with Gasteiger partial charge in [0.1, 0.15) is 5.82 Å². The summed E-state index contributed by atoms with van der Waals surface area (Å²) < 4.78 is 13.4. The van der Waals surface area contributed by atoms with Crippen LogP contribution in [0.4, 0.5) is 10.1 Å². The van der Waals surface area contributed by atoms with Gasteiger partial charge in [0.15, 0.2) is 0 Å². The van der Waals surface area contributed by atoms with Crippen LogP contribution in [0.5, 0.6) is 0 Å². The molecule has 1 aliphatic heterocycles. The summed E-state index contributed by atoms with van der Waals surface area (Å²) in [5, 5.41) is 10.9. The molecule has 0 amide bonds. The van der Waals surface area contributed by atoms with Gasteiger partial charge >= 0.3 is 0 Å². The zero-order chi connectivity index (χ0) is 14.8. The SMILES string of the molecule is OC(CCN1CCc2ccc(F)cc21)c1cccc(Cl)c1. The summed E-state index contributed by atoms with van der Waals surface area (Å²) in [6.45, 7) is 1.57. The van der Waals surface area contributed by atoms with Crippen molar-refractivity contribution in [2.45, 2.75) is 18.9 Å². The Morgan fingerprint density at radius 1 is 1.24 bits per heavy atom. The van der Waals surface area contributed by atoms with Gasteiger partial charge in [0.2, 0.25) is 0 Å². The minimum absolute atomic E-state index is 0.212. The van der Waals surface area contributed by atoms with Crippen LogP contribution in [0, 0.1) is 5.82 Å². The highest BCUT2D eigenvalue weighted by Crippen LogP contribution is 2.30. The number of rotatable bonds is 4. The fourth-order valence-electron chi connectivity index (χ4n) is 2.81. The summed E-state index contributed by atoms with van der Waals surface area (Å²) >= 11 is 5.94. The summed E-state index contributed by atoms with van der Waals surface area (Å²) in [5.41, 5.74) is 2.95. The van der Waals surface area contributed by atoms with Crippen LogP contribution in [-0.2, 0) is 6.42 Å². The number of benzene rings is 2. The lowest BCUT2D eigenvalue weighted by Gasteiger charge is -2.21. The lowest BCUT2D eigenvalue weighted by Crippen LogP contribution is -2.23. The lowest BCUT2D eigenvalue weighted by molar-refractivity contribution is 0.169. The second-order valence-electron chi connectivity index (χ2n) is 5.37. The van der Waals surface area contributed by atoms with Gasteiger partial charge in [-0.15, -0.1) is 0 Å². The van der Waals surface area contributed by atoms with Gasteiger partial charge in [-0.1, -0.05) is 29.8 Å². The molecule has 1 heterocycles. The van der Waals surface area contributed by atoms with Gasteiger partial charge in [0.05, 0.1) is 6.10 Å². The zero-order valence-electron chi connectivity index (χ0n) is 11.6. The van der Waals surface area contributed by atoms with E-state index in [9.17, 15) is 9.50 Å². The third-order valence-corrected chi connectivity index (χ3v) is 4.18. The molecule has 2 aromatic rings. The molecule has 0 aliphatic carbocycles. The standard InChI is InChI=1S/C17H17ClFNO/c18-14-3-1-2-13(10-14)17(21)7-9-20-8-6-12-4-5-15(19)11-16(12)20/h1-5,10-11,17,21H,6-9H2. The quantitative estimate of drug-likeness (QED) is 0.924. The van der Waals surface area contributed by atoms with E-state index < -0.39 is 6.10 Å². The van der Waals surface area contributed by atoms with Crippen LogP contribution in [0.3, 0.4) is 0 Å². The van der Waals surface area contributed by atoms with Gasteiger partial charge in [-0.05, 0) is 48.2 Å². The van der Waals surface area contributed by atoms with Crippen molar-refractivity contribution in [3.8, 4) is 0 Å². The molecule has 2 aromatic carbocycles. The first kappa shape index (κ1) is 14.4. The van der Waals surface area contributed by atoms with Gasteiger partial charge in [-0.25, -0.2) is 4.39 Å². The molecule has 110 valence electrons. The maximum Gasteiger partial charge on any atom is 0.125 e. The summed E-state index contributed by atoms with van der Waals surface area (Å²) in [6.07, 6.45) is 0.973. The van der Waals surface area contributed by atoms with Crippen LogP contribution in [0.1, 0.15) is 23.7 Å². The zero-order valence-corrected chi connectivity index (χ0v) is 12.4. The van der Waals surface area contributed by atoms with E-state index in [0.29, 0.717) is 18.0 Å². The molecule has 3 rings (SSSR count). The highest BCUT2D eigenvalue weighted by Gasteiger charge is 2.20. The van der Waals surface area contributed by atoms with Crippen molar-refractivity contribution in [2.24, 2.45) is 0 Å². The molecule has 2 nitrogen and oxygen atoms in total. The van der Waals surface area contributed by atoms with E-state index in [2.05, 4.69) is 4.90 Å². The third-order valence-electron chi connectivity index (χ3n) is 3.94. The maximum absolute atomic E-state index is 13.4. The molecule has 1 unspecified atom stereocenters. The number of hydrogen-bond acceptors (Lipinski definition) is 2.